The predicted octanol–water partition coefficient (Wildman–Crippen LogP) is 6.94. The van der Waals surface area contributed by atoms with Crippen LogP contribution in [-0.2, 0) is 38.1 Å². The van der Waals surface area contributed by atoms with E-state index in [4.69, 9.17) is 32.8 Å². The summed E-state index contributed by atoms with van der Waals surface area (Å²) in [6.07, 6.45) is -1.63. The van der Waals surface area contributed by atoms with Gasteiger partial charge in [0.2, 0.25) is 16.6 Å². The van der Waals surface area contributed by atoms with Crippen LogP contribution >= 0.6 is 15.9 Å². The van der Waals surface area contributed by atoms with Crippen molar-refractivity contribution in [1.29, 1.82) is 0 Å². The molecule has 4 bridgehead atoms. The quantitative estimate of drug-likeness (QED) is 0.149. The highest BCUT2D eigenvalue weighted by atomic mass is 79.9. The number of benzene rings is 2. The first kappa shape index (κ1) is 35.9. The minimum absolute atomic E-state index is 0.00795. The topological polar surface area (TPSA) is 154 Å². The van der Waals surface area contributed by atoms with Gasteiger partial charge in [0, 0.05) is 10.8 Å². The summed E-state index contributed by atoms with van der Waals surface area (Å²) in [4.78, 5) is 70.2. The lowest BCUT2D eigenvalue weighted by Gasteiger charge is -2.46. The lowest BCUT2D eigenvalue weighted by molar-refractivity contribution is -0.217. The Morgan fingerprint density at radius 2 is 1.34 bits per heavy atom. The predicted molar refractivity (Wildman–Crippen MR) is 192 cm³/mol. The molecule has 13 heteroatoms. The second kappa shape index (κ2) is 10.5. The largest absolute Gasteiger partial charge is 0.494 e. The van der Waals surface area contributed by atoms with Crippen LogP contribution in [0.4, 0.5) is 0 Å². The fourth-order valence-corrected chi connectivity index (χ4v) is 10.3. The van der Waals surface area contributed by atoms with Crippen molar-refractivity contribution in [3.63, 3.8) is 0 Å². The van der Waals surface area contributed by atoms with Gasteiger partial charge in [0.15, 0.2) is 23.5 Å². The van der Waals surface area contributed by atoms with Gasteiger partial charge in [0.25, 0.3) is 0 Å². The third-order valence-electron chi connectivity index (χ3n) is 14.3. The zero-order chi connectivity index (χ0) is 38.6. The van der Waals surface area contributed by atoms with E-state index in [1.807, 2.05) is 34.6 Å². The van der Waals surface area contributed by atoms with Crippen molar-refractivity contribution in [2.75, 3.05) is 7.11 Å². The Morgan fingerprint density at radius 1 is 0.792 bits per heavy atom. The maximum Gasteiger partial charge on any atom is 0.351 e. The molecule has 3 aromatic rings. The molecule has 4 fully saturated rings. The number of methoxy groups -OCH3 is 1. The van der Waals surface area contributed by atoms with Gasteiger partial charge in [-0.1, -0.05) is 39.3 Å². The number of aryl methyl sites for hydroxylation is 1. The lowest BCUT2D eigenvalue weighted by atomic mass is 9.66. The van der Waals surface area contributed by atoms with E-state index in [-0.39, 0.29) is 50.9 Å². The molecule has 0 N–H and O–H groups in total. The van der Waals surface area contributed by atoms with Gasteiger partial charge in [-0.15, -0.1) is 0 Å². The molecule has 0 amide bonds. The van der Waals surface area contributed by atoms with Crippen LogP contribution in [-0.4, -0.2) is 53.9 Å². The number of carbonyl (C=O) groups excluding carboxylic acids is 4. The van der Waals surface area contributed by atoms with Crippen LogP contribution in [0.5, 0.6) is 11.5 Å². The van der Waals surface area contributed by atoms with Crippen molar-refractivity contribution in [3.8, 4) is 11.5 Å². The molecule has 2 saturated carbocycles. The van der Waals surface area contributed by atoms with Crippen molar-refractivity contribution >= 4 is 61.7 Å². The summed E-state index contributed by atoms with van der Waals surface area (Å²) in [5, 5.41) is 0.342. The minimum Gasteiger partial charge on any atom is -0.494 e. The van der Waals surface area contributed by atoms with Crippen molar-refractivity contribution in [2.24, 2.45) is 21.7 Å². The monoisotopic (exact) mass is 794 g/mol. The van der Waals surface area contributed by atoms with Crippen molar-refractivity contribution in [1.82, 2.24) is 0 Å². The van der Waals surface area contributed by atoms with E-state index in [0.29, 0.717) is 18.2 Å². The number of ether oxygens (including phenoxy) is 6. The van der Waals surface area contributed by atoms with E-state index in [9.17, 15) is 24.0 Å². The molecule has 2 saturated heterocycles. The molecule has 53 heavy (non-hydrogen) atoms. The fraction of sp³-hybridized carbons (Fsp3) is 0.575. The summed E-state index contributed by atoms with van der Waals surface area (Å²) in [5.74, 6) is -2.38. The van der Waals surface area contributed by atoms with Crippen LogP contribution in [0.25, 0.3) is 21.9 Å². The van der Waals surface area contributed by atoms with E-state index in [2.05, 4.69) is 15.9 Å². The van der Waals surface area contributed by atoms with Gasteiger partial charge in [0.05, 0.1) is 28.9 Å². The first-order valence-corrected chi connectivity index (χ1v) is 18.7. The summed E-state index contributed by atoms with van der Waals surface area (Å²) in [6, 6.07) is 5.18. The molecular weight excluding hydrogens is 752 g/mol. The molecule has 5 aliphatic rings. The number of hydrogen-bond donors (Lipinski definition) is 0. The van der Waals surface area contributed by atoms with E-state index in [0.717, 1.165) is 5.56 Å². The highest BCUT2D eigenvalue weighted by molar-refractivity contribution is 9.10. The molecule has 3 aliphatic heterocycles. The molecule has 282 valence electrons. The maximum absolute atomic E-state index is 14.8. The van der Waals surface area contributed by atoms with Crippen molar-refractivity contribution in [3.05, 3.63) is 44.0 Å². The first-order valence-electron chi connectivity index (χ1n) is 17.9. The van der Waals surface area contributed by atoms with E-state index < -0.39 is 80.0 Å². The smallest absolute Gasteiger partial charge is 0.351 e. The number of esters is 4. The molecule has 12 nitrogen and oxygen atoms in total. The molecule has 0 spiro atoms. The number of halogens is 1. The van der Waals surface area contributed by atoms with Gasteiger partial charge in [-0.25, -0.2) is 9.59 Å². The summed E-state index contributed by atoms with van der Waals surface area (Å²) in [5.41, 5.74) is -7.70. The second-order valence-electron chi connectivity index (χ2n) is 17.4. The Labute approximate surface area is 314 Å². The van der Waals surface area contributed by atoms with Crippen LogP contribution in [0, 0.1) is 28.6 Å². The lowest BCUT2D eigenvalue weighted by Crippen LogP contribution is -2.58. The average molecular weight is 796 g/mol. The highest BCUT2D eigenvalue weighted by Crippen LogP contribution is 2.68. The van der Waals surface area contributed by atoms with E-state index >= 15 is 0 Å². The summed E-state index contributed by atoms with van der Waals surface area (Å²) in [6.45, 7) is 16.0. The number of carbonyl (C=O) groups is 4. The van der Waals surface area contributed by atoms with Gasteiger partial charge < -0.3 is 32.8 Å². The molecule has 0 unspecified atom stereocenters. The Hall–Kier alpha value is -4.13. The van der Waals surface area contributed by atoms with Crippen molar-refractivity contribution < 1.29 is 52.0 Å². The molecule has 4 heterocycles. The molecule has 0 radical (unpaired) electrons. The molecule has 6 atom stereocenters. The standard InChI is InChI=1S/C40H43BrO12/c1-18-11-12-20-19(17-18)24(42)21-25(48-20)22-27(23(41)26(21)47-10)51-34(2,3)29(50-33(46)40-16-14-38(9,31(44)53-40)36(40,6)7)28(22)49-32(45)39-15-13-37(8,30(43)52-39)35(39,4)5/h11-12,17,28-29H,13-16H2,1-10H3/t28-,29-,37+,38+,39-,40-/m1/s1. The minimum atomic E-state index is -1.66. The van der Waals surface area contributed by atoms with Crippen LogP contribution in [0.15, 0.2) is 31.9 Å². The third-order valence-corrected chi connectivity index (χ3v) is 15.0. The molecular formula is C40H43BrO12. The summed E-state index contributed by atoms with van der Waals surface area (Å²) in [7, 11) is 1.41. The van der Waals surface area contributed by atoms with Crippen LogP contribution in [0.2, 0.25) is 0 Å². The Bertz CT molecular complexity index is 2290. The number of fused-ring (bicyclic) bond motifs is 8. The Kier molecular flexibility index (Phi) is 7.14. The van der Waals surface area contributed by atoms with Gasteiger partial charge in [-0.05, 0) is 88.4 Å². The fourth-order valence-electron chi connectivity index (χ4n) is 9.68. The van der Waals surface area contributed by atoms with E-state index in [1.165, 1.54) is 7.11 Å². The Balaban J connectivity index is 1.36. The third kappa shape index (κ3) is 4.04. The first-order chi connectivity index (χ1) is 24.5. The van der Waals surface area contributed by atoms with Gasteiger partial charge >= 0.3 is 23.9 Å². The van der Waals surface area contributed by atoms with Crippen LogP contribution in [0.3, 0.4) is 0 Å². The highest BCUT2D eigenvalue weighted by Gasteiger charge is 2.78. The van der Waals surface area contributed by atoms with E-state index in [1.54, 1.807) is 45.9 Å². The SMILES string of the molecule is COc1c(Br)c2c(c3oc4ccc(C)cc4c(=O)c13)[C@@H](OC(=O)[C@@]13CC[C@@](C)(C(=O)O1)C3(C)C)[C@@H](OC(=O)[C@@]13CC[C@@](C)(C(=O)O1)C3(C)C)C(C)(C)O2. The van der Waals surface area contributed by atoms with Crippen molar-refractivity contribution in [2.45, 2.75) is 117 Å². The Morgan fingerprint density at radius 3 is 1.83 bits per heavy atom. The molecule has 8 rings (SSSR count). The zero-order valence-electron chi connectivity index (χ0n) is 31.5. The normalized spacial score (nSPS) is 34.0. The summed E-state index contributed by atoms with van der Waals surface area (Å²) < 4.78 is 44.0. The average Bonchev–Trinajstić information content (AvgIpc) is 3.55. The maximum atomic E-state index is 14.8. The van der Waals surface area contributed by atoms with Gasteiger partial charge in [-0.3, -0.25) is 14.4 Å². The molecule has 2 aromatic carbocycles. The molecule has 1 aromatic heterocycles. The molecule has 2 aliphatic carbocycles. The second-order valence-corrected chi connectivity index (χ2v) is 18.2. The number of rotatable bonds is 5. The summed E-state index contributed by atoms with van der Waals surface area (Å²) >= 11 is 3.61. The van der Waals surface area contributed by atoms with Crippen LogP contribution < -0.4 is 14.9 Å². The van der Waals surface area contributed by atoms with Gasteiger partial charge in [0.1, 0.15) is 26.8 Å². The van der Waals surface area contributed by atoms with Gasteiger partial charge in [-0.2, -0.15) is 0 Å². The number of hydrogen-bond acceptors (Lipinski definition) is 12. The van der Waals surface area contributed by atoms with Crippen LogP contribution in [0.1, 0.15) is 98.3 Å². The zero-order valence-corrected chi connectivity index (χ0v) is 33.1.